The monoisotopic (exact) mass is 261 g/mol. The third-order valence-electron chi connectivity index (χ3n) is 2.15. The molecule has 3 nitrogen and oxygen atoms in total. The molecule has 17 heavy (non-hydrogen) atoms. The van der Waals surface area contributed by atoms with Gasteiger partial charge in [0.1, 0.15) is 5.15 Å². The number of rotatable bonds is 1. The van der Waals surface area contributed by atoms with Crippen LogP contribution in [0.2, 0.25) is 5.15 Å². The maximum atomic E-state index is 12.5. The van der Waals surface area contributed by atoms with Crippen molar-refractivity contribution in [1.82, 2.24) is 14.8 Å². The van der Waals surface area contributed by atoms with Gasteiger partial charge in [-0.3, -0.25) is 4.68 Å². The molecule has 0 bridgehead atoms. The minimum atomic E-state index is -4.46. The zero-order valence-electron chi connectivity index (χ0n) is 8.66. The van der Waals surface area contributed by atoms with Crippen molar-refractivity contribution in [3.8, 4) is 11.4 Å². The normalized spacial score (nSPS) is 11.8. The maximum Gasteiger partial charge on any atom is 0.435 e. The van der Waals surface area contributed by atoms with Crippen LogP contribution in [0.1, 0.15) is 5.69 Å². The number of hydrogen-bond acceptors (Lipinski definition) is 2. The number of hydrogen-bond donors (Lipinski definition) is 0. The molecule has 2 aromatic heterocycles. The SMILES string of the molecule is Cn1nc(C(F)(F)F)cc1-c1cccc(Cl)n1. The summed E-state index contributed by atoms with van der Waals surface area (Å²) < 4.78 is 38.5. The fourth-order valence-corrected chi connectivity index (χ4v) is 1.56. The summed E-state index contributed by atoms with van der Waals surface area (Å²) >= 11 is 5.68. The highest BCUT2D eigenvalue weighted by Crippen LogP contribution is 2.31. The van der Waals surface area contributed by atoms with E-state index in [2.05, 4.69) is 10.1 Å². The van der Waals surface area contributed by atoms with E-state index in [1.807, 2.05) is 0 Å². The Hall–Kier alpha value is -1.56. The Bertz CT molecular complexity index is 548. The smallest absolute Gasteiger partial charge is 0.266 e. The van der Waals surface area contributed by atoms with Crippen LogP contribution in [0.5, 0.6) is 0 Å². The minimum Gasteiger partial charge on any atom is -0.266 e. The molecular weight excluding hydrogens is 255 g/mol. The van der Waals surface area contributed by atoms with Crippen molar-refractivity contribution in [1.29, 1.82) is 0 Å². The second-order valence-corrected chi connectivity index (χ2v) is 3.77. The van der Waals surface area contributed by atoms with Crippen molar-refractivity contribution >= 4 is 11.6 Å². The van der Waals surface area contributed by atoms with Gasteiger partial charge in [-0.15, -0.1) is 0 Å². The molecule has 2 heterocycles. The average Bonchev–Trinajstić information content (AvgIpc) is 2.60. The number of aryl methyl sites for hydroxylation is 1. The predicted molar refractivity (Wildman–Crippen MR) is 56.5 cm³/mol. The zero-order valence-corrected chi connectivity index (χ0v) is 9.42. The second kappa shape index (κ2) is 4.03. The van der Waals surface area contributed by atoms with Crippen molar-refractivity contribution in [2.24, 2.45) is 7.05 Å². The first-order chi connectivity index (χ1) is 7.88. The Morgan fingerprint density at radius 2 is 2.00 bits per heavy atom. The van der Waals surface area contributed by atoms with Gasteiger partial charge in [0.05, 0.1) is 11.4 Å². The van der Waals surface area contributed by atoms with Gasteiger partial charge < -0.3 is 0 Å². The number of pyridine rings is 1. The van der Waals surface area contributed by atoms with Crippen LogP contribution in [0.4, 0.5) is 13.2 Å². The topological polar surface area (TPSA) is 30.7 Å². The fraction of sp³-hybridized carbons (Fsp3) is 0.200. The highest BCUT2D eigenvalue weighted by molar-refractivity contribution is 6.29. The zero-order chi connectivity index (χ0) is 12.6. The summed E-state index contributed by atoms with van der Waals surface area (Å²) in [5.41, 5.74) is -0.334. The van der Waals surface area contributed by atoms with Gasteiger partial charge in [-0.1, -0.05) is 17.7 Å². The van der Waals surface area contributed by atoms with E-state index in [0.717, 1.165) is 10.7 Å². The van der Waals surface area contributed by atoms with E-state index < -0.39 is 11.9 Å². The number of alkyl halides is 3. The lowest BCUT2D eigenvalue weighted by Crippen LogP contribution is -2.06. The number of nitrogens with zero attached hydrogens (tertiary/aromatic N) is 3. The molecule has 0 radical (unpaired) electrons. The van der Waals surface area contributed by atoms with E-state index in [9.17, 15) is 13.2 Å². The van der Waals surface area contributed by atoms with Gasteiger partial charge >= 0.3 is 6.18 Å². The van der Waals surface area contributed by atoms with Crippen molar-refractivity contribution in [2.45, 2.75) is 6.18 Å². The van der Waals surface area contributed by atoms with Crippen LogP contribution in [0.3, 0.4) is 0 Å². The molecular formula is C10H7ClF3N3. The van der Waals surface area contributed by atoms with E-state index in [1.54, 1.807) is 18.2 Å². The van der Waals surface area contributed by atoms with Crippen LogP contribution in [-0.2, 0) is 13.2 Å². The first-order valence-electron chi connectivity index (χ1n) is 4.62. The van der Waals surface area contributed by atoms with Crippen LogP contribution >= 0.6 is 11.6 Å². The van der Waals surface area contributed by atoms with Crippen LogP contribution in [0.25, 0.3) is 11.4 Å². The first kappa shape index (κ1) is 11.9. The molecule has 0 atom stereocenters. The summed E-state index contributed by atoms with van der Waals surface area (Å²) in [4.78, 5) is 3.94. The highest BCUT2D eigenvalue weighted by Gasteiger charge is 2.34. The summed E-state index contributed by atoms with van der Waals surface area (Å²) in [5.74, 6) is 0. The Kier molecular flexibility index (Phi) is 2.82. The Morgan fingerprint density at radius 1 is 1.29 bits per heavy atom. The molecule has 2 aromatic rings. The molecule has 0 aromatic carbocycles. The third-order valence-corrected chi connectivity index (χ3v) is 2.36. The summed E-state index contributed by atoms with van der Waals surface area (Å²) in [7, 11) is 1.42. The lowest BCUT2D eigenvalue weighted by molar-refractivity contribution is -0.141. The van der Waals surface area contributed by atoms with Crippen LogP contribution in [0.15, 0.2) is 24.3 Å². The molecule has 0 unspecified atom stereocenters. The molecule has 7 heteroatoms. The lowest BCUT2D eigenvalue weighted by Gasteiger charge is -2.00. The van der Waals surface area contributed by atoms with Crippen molar-refractivity contribution in [2.75, 3.05) is 0 Å². The molecule has 0 spiro atoms. The van der Waals surface area contributed by atoms with Crippen LogP contribution < -0.4 is 0 Å². The molecule has 0 aliphatic rings. The highest BCUT2D eigenvalue weighted by atomic mass is 35.5. The van der Waals surface area contributed by atoms with E-state index >= 15 is 0 Å². The largest absolute Gasteiger partial charge is 0.435 e. The van der Waals surface area contributed by atoms with Crippen molar-refractivity contribution in [3.63, 3.8) is 0 Å². The lowest BCUT2D eigenvalue weighted by atomic mass is 10.2. The van der Waals surface area contributed by atoms with Crippen molar-refractivity contribution in [3.05, 3.63) is 35.1 Å². The van der Waals surface area contributed by atoms with E-state index in [1.165, 1.54) is 7.05 Å². The van der Waals surface area contributed by atoms with Gasteiger partial charge in [0.15, 0.2) is 5.69 Å². The van der Waals surface area contributed by atoms with Crippen molar-refractivity contribution < 1.29 is 13.2 Å². The molecule has 90 valence electrons. The Labute approximate surface area is 99.8 Å². The number of halogens is 4. The molecule has 0 fully saturated rings. The summed E-state index contributed by atoms with van der Waals surface area (Å²) in [6.07, 6.45) is -4.46. The molecule has 0 amide bonds. The van der Waals surface area contributed by atoms with Gasteiger partial charge in [0, 0.05) is 7.05 Å². The molecule has 0 N–H and O–H groups in total. The van der Waals surface area contributed by atoms with E-state index in [0.29, 0.717) is 5.69 Å². The predicted octanol–water partition coefficient (Wildman–Crippen LogP) is 3.15. The van der Waals surface area contributed by atoms with Gasteiger partial charge in [-0.2, -0.15) is 18.3 Å². The number of aromatic nitrogens is 3. The molecule has 0 saturated carbocycles. The average molecular weight is 262 g/mol. The third kappa shape index (κ3) is 2.41. The second-order valence-electron chi connectivity index (χ2n) is 3.38. The van der Waals surface area contributed by atoms with E-state index in [-0.39, 0.29) is 10.8 Å². The molecule has 2 rings (SSSR count). The van der Waals surface area contributed by atoms with Crippen LogP contribution in [0, 0.1) is 0 Å². The minimum absolute atomic E-state index is 0.220. The quantitative estimate of drug-likeness (QED) is 0.738. The Balaban J connectivity index is 2.50. The Morgan fingerprint density at radius 3 is 2.53 bits per heavy atom. The summed E-state index contributed by atoms with van der Waals surface area (Å²) in [6, 6.07) is 5.68. The van der Waals surface area contributed by atoms with Gasteiger partial charge in [0.2, 0.25) is 0 Å². The molecule has 0 aliphatic carbocycles. The van der Waals surface area contributed by atoms with Gasteiger partial charge in [-0.05, 0) is 18.2 Å². The van der Waals surface area contributed by atoms with Gasteiger partial charge in [-0.25, -0.2) is 4.98 Å². The van der Waals surface area contributed by atoms with E-state index in [4.69, 9.17) is 11.6 Å². The van der Waals surface area contributed by atoms with Gasteiger partial charge in [0.25, 0.3) is 0 Å². The maximum absolute atomic E-state index is 12.5. The standard InChI is InChI=1S/C10H7ClF3N3/c1-17-7(5-8(16-17)10(12,13)14)6-3-2-4-9(11)15-6/h2-5H,1H3. The summed E-state index contributed by atoms with van der Waals surface area (Å²) in [5, 5.41) is 3.62. The fourth-order valence-electron chi connectivity index (χ4n) is 1.40. The molecule has 0 saturated heterocycles. The van der Waals surface area contributed by atoms with Crippen LogP contribution in [-0.4, -0.2) is 14.8 Å². The molecule has 0 aliphatic heterocycles. The first-order valence-corrected chi connectivity index (χ1v) is 5.00. The summed E-state index contributed by atoms with van der Waals surface area (Å²) in [6.45, 7) is 0.